The molecule has 1 aromatic rings. The second kappa shape index (κ2) is 6.35. The first kappa shape index (κ1) is 13.6. The molecular formula is C13H18N2OS. The third-order valence-corrected chi connectivity index (χ3v) is 2.88. The summed E-state index contributed by atoms with van der Waals surface area (Å²) in [5.41, 5.74) is 3.08. The standard InChI is InChI=1S/C13H18N2OS/c1-4-8-14-13(16)15(17)12-7-6-11(5-2)9-10(12)3/h4,6-7,9,17H,1,5,8H2,2-3H3,(H,14,16). The van der Waals surface area contributed by atoms with E-state index in [-0.39, 0.29) is 6.03 Å². The number of amides is 2. The van der Waals surface area contributed by atoms with Gasteiger partial charge in [0.15, 0.2) is 0 Å². The average Bonchev–Trinajstić information content (AvgIpc) is 2.34. The summed E-state index contributed by atoms with van der Waals surface area (Å²) in [6, 6.07) is 5.74. The predicted octanol–water partition coefficient (Wildman–Crippen LogP) is 3.10. The maximum absolute atomic E-state index is 11.7. The molecule has 0 aliphatic carbocycles. The zero-order valence-electron chi connectivity index (χ0n) is 10.2. The van der Waals surface area contributed by atoms with E-state index in [4.69, 9.17) is 0 Å². The van der Waals surface area contributed by atoms with E-state index >= 15 is 0 Å². The lowest BCUT2D eigenvalue weighted by atomic mass is 10.1. The molecule has 1 aromatic carbocycles. The fraction of sp³-hybridized carbons (Fsp3) is 0.308. The molecule has 0 saturated carbocycles. The fourth-order valence-corrected chi connectivity index (χ4v) is 1.81. The lowest BCUT2D eigenvalue weighted by Crippen LogP contribution is -2.34. The summed E-state index contributed by atoms with van der Waals surface area (Å²) in [6.45, 7) is 8.05. The van der Waals surface area contributed by atoms with Crippen molar-refractivity contribution in [3.63, 3.8) is 0 Å². The lowest BCUT2D eigenvalue weighted by Gasteiger charge is -2.18. The molecule has 4 heteroatoms. The van der Waals surface area contributed by atoms with E-state index in [0.29, 0.717) is 6.54 Å². The van der Waals surface area contributed by atoms with Crippen molar-refractivity contribution in [3.05, 3.63) is 42.0 Å². The topological polar surface area (TPSA) is 32.3 Å². The van der Waals surface area contributed by atoms with Crippen molar-refractivity contribution in [2.45, 2.75) is 20.3 Å². The third kappa shape index (κ3) is 3.53. The van der Waals surface area contributed by atoms with Crippen LogP contribution in [0.1, 0.15) is 18.1 Å². The monoisotopic (exact) mass is 250 g/mol. The summed E-state index contributed by atoms with van der Waals surface area (Å²) in [6.07, 6.45) is 2.61. The maximum atomic E-state index is 11.7. The number of carbonyl (C=O) groups excluding carboxylic acids is 1. The van der Waals surface area contributed by atoms with Crippen molar-refractivity contribution in [2.75, 3.05) is 10.8 Å². The van der Waals surface area contributed by atoms with Crippen molar-refractivity contribution < 1.29 is 4.79 Å². The van der Waals surface area contributed by atoms with E-state index in [9.17, 15) is 4.79 Å². The summed E-state index contributed by atoms with van der Waals surface area (Å²) in [5.74, 6) is 0. The highest BCUT2D eigenvalue weighted by Gasteiger charge is 2.13. The van der Waals surface area contributed by atoms with E-state index in [1.54, 1.807) is 6.08 Å². The van der Waals surface area contributed by atoms with Crippen LogP contribution in [0.5, 0.6) is 0 Å². The summed E-state index contributed by atoms with van der Waals surface area (Å²) >= 11 is 4.21. The Kier molecular flexibility index (Phi) is 5.10. The van der Waals surface area contributed by atoms with Crippen molar-refractivity contribution in [3.8, 4) is 0 Å². The van der Waals surface area contributed by atoms with E-state index in [1.807, 2.05) is 19.1 Å². The molecule has 2 amide bonds. The Balaban J connectivity index is 2.84. The lowest BCUT2D eigenvalue weighted by molar-refractivity contribution is 0.251. The van der Waals surface area contributed by atoms with E-state index in [1.165, 1.54) is 9.87 Å². The smallest absolute Gasteiger partial charge is 0.332 e. The predicted molar refractivity (Wildman–Crippen MR) is 75.6 cm³/mol. The number of urea groups is 1. The number of hydrogen-bond donors (Lipinski definition) is 2. The minimum absolute atomic E-state index is 0.249. The molecule has 0 spiro atoms. The van der Waals surface area contributed by atoms with Crippen LogP contribution in [0, 0.1) is 6.92 Å². The molecule has 3 nitrogen and oxygen atoms in total. The van der Waals surface area contributed by atoms with Crippen molar-refractivity contribution >= 4 is 24.5 Å². The van der Waals surface area contributed by atoms with Crippen molar-refractivity contribution in [2.24, 2.45) is 0 Å². The molecule has 92 valence electrons. The average molecular weight is 250 g/mol. The largest absolute Gasteiger partial charge is 0.334 e. The first-order valence-corrected chi connectivity index (χ1v) is 5.97. The summed E-state index contributed by atoms with van der Waals surface area (Å²) in [4.78, 5) is 11.7. The quantitative estimate of drug-likeness (QED) is 0.624. The number of thiol groups is 1. The van der Waals surface area contributed by atoms with Crippen LogP contribution >= 0.6 is 12.8 Å². The van der Waals surface area contributed by atoms with Gasteiger partial charge in [-0.1, -0.05) is 37.9 Å². The van der Waals surface area contributed by atoms with Gasteiger partial charge in [0.1, 0.15) is 0 Å². The van der Waals surface area contributed by atoms with E-state index in [0.717, 1.165) is 17.7 Å². The van der Waals surface area contributed by atoms with Crippen molar-refractivity contribution in [1.82, 2.24) is 5.32 Å². The van der Waals surface area contributed by atoms with Gasteiger partial charge in [-0.2, -0.15) is 0 Å². The molecule has 0 radical (unpaired) electrons. The van der Waals surface area contributed by atoms with Gasteiger partial charge >= 0.3 is 6.03 Å². The van der Waals surface area contributed by atoms with E-state index < -0.39 is 0 Å². The third-order valence-electron chi connectivity index (χ3n) is 2.49. The second-order valence-corrected chi connectivity index (χ2v) is 4.16. The Morgan fingerprint density at radius 1 is 1.59 bits per heavy atom. The second-order valence-electron chi connectivity index (χ2n) is 3.76. The van der Waals surface area contributed by atoms with Gasteiger partial charge in [0.05, 0.1) is 5.69 Å². The van der Waals surface area contributed by atoms with Crippen LogP contribution in [0.25, 0.3) is 0 Å². The molecule has 0 atom stereocenters. The number of benzene rings is 1. The van der Waals surface area contributed by atoms with Crippen LogP contribution in [-0.2, 0) is 6.42 Å². The molecule has 1 rings (SSSR count). The van der Waals surface area contributed by atoms with E-state index in [2.05, 4.69) is 37.7 Å². The number of anilines is 1. The number of nitrogens with one attached hydrogen (secondary N) is 1. The van der Waals surface area contributed by atoms with Crippen LogP contribution in [0.3, 0.4) is 0 Å². The van der Waals surface area contributed by atoms with Crippen LogP contribution < -0.4 is 9.62 Å². The molecule has 0 heterocycles. The first-order valence-electron chi connectivity index (χ1n) is 5.57. The number of aryl methyl sites for hydroxylation is 2. The van der Waals surface area contributed by atoms with Crippen LogP contribution in [0.15, 0.2) is 30.9 Å². The molecule has 0 saturated heterocycles. The molecule has 0 unspecified atom stereocenters. The van der Waals surface area contributed by atoms with Gasteiger partial charge in [-0.3, -0.25) is 0 Å². The van der Waals surface area contributed by atoms with Crippen LogP contribution in [-0.4, -0.2) is 12.6 Å². The summed E-state index contributed by atoms with van der Waals surface area (Å²) in [7, 11) is 0. The number of nitrogens with zero attached hydrogens (tertiary/aromatic N) is 1. The Hall–Kier alpha value is -1.42. The molecule has 0 aliphatic rings. The summed E-state index contributed by atoms with van der Waals surface area (Å²) < 4.78 is 1.32. The van der Waals surface area contributed by atoms with Gasteiger partial charge in [0, 0.05) is 6.54 Å². The molecule has 0 aromatic heterocycles. The fourth-order valence-electron chi connectivity index (χ4n) is 1.52. The van der Waals surface area contributed by atoms with Crippen LogP contribution in [0.4, 0.5) is 10.5 Å². The Morgan fingerprint density at radius 2 is 2.29 bits per heavy atom. The van der Waals surface area contributed by atoms with Gasteiger partial charge < -0.3 is 5.32 Å². The maximum Gasteiger partial charge on any atom is 0.332 e. The Morgan fingerprint density at radius 3 is 2.82 bits per heavy atom. The minimum atomic E-state index is -0.249. The number of rotatable bonds is 4. The zero-order chi connectivity index (χ0) is 12.8. The van der Waals surface area contributed by atoms with Gasteiger partial charge in [-0.25, -0.2) is 9.10 Å². The highest BCUT2D eigenvalue weighted by Crippen LogP contribution is 2.23. The van der Waals surface area contributed by atoms with Crippen LogP contribution in [0.2, 0.25) is 0 Å². The highest BCUT2D eigenvalue weighted by molar-refractivity contribution is 7.82. The van der Waals surface area contributed by atoms with Crippen molar-refractivity contribution in [1.29, 1.82) is 0 Å². The Labute approximate surface area is 108 Å². The number of carbonyl (C=O) groups is 1. The number of hydrogen-bond acceptors (Lipinski definition) is 2. The highest BCUT2D eigenvalue weighted by atomic mass is 32.1. The Bertz CT molecular complexity index is 418. The SMILES string of the molecule is C=CCNC(=O)N(S)c1ccc(CC)cc1C. The molecule has 0 bridgehead atoms. The normalized spacial score (nSPS) is 9.82. The van der Waals surface area contributed by atoms with Gasteiger partial charge in [-0.15, -0.1) is 6.58 Å². The zero-order valence-corrected chi connectivity index (χ0v) is 11.1. The minimum Gasteiger partial charge on any atom is -0.334 e. The summed E-state index contributed by atoms with van der Waals surface area (Å²) in [5, 5.41) is 2.68. The molecule has 0 aliphatic heterocycles. The van der Waals surface area contributed by atoms with Gasteiger partial charge in [-0.05, 0) is 30.5 Å². The molecular weight excluding hydrogens is 232 g/mol. The first-order chi connectivity index (χ1) is 8.10. The molecule has 1 N–H and O–H groups in total. The van der Waals surface area contributed by atoms with Gasteiger partial charge in [0.2, 0.25) is 0 Å². The molecule has 0 fully saturated rings. The molecule has 17 heavy (non-hydrogen) atoms. The van der Waals surface area contributed by atoms with Gasteiger partial charge in [0.25, 0.3) is 0 Å².